The first-order valence-corrected chi connectivity index (χ1v) is 15.5. The minimum atomic E-state index is -0.910. The van der Waals surface area contributed by atoms with E-state index in [-0.39, 0.29) is 22.7 Å². The molecule has 4 heterocycles. The number of fused-ring (bicyclic) bond motifs is 1. The monoisotopic (exact) mass is 652 g/mol. The van der Waals surface area contributed by atoms with E-state index in [4.69, 9.17) is 21.3 Å². The Morgan fingerprint density at radius 3 is 2.64 bits per heavy atom. The molecule has 234 valence electrons. The van der Waals surface area contributed by atoms with Crippen LogP contribution in [0, 0.1) is 5.82 Å². The lowest BCUT2D eigenvalue weighted by Gasteiger charge is -2.38. The highest BCUT2D eigenvalue weighted by Gasteiger charge is 2.42. The number of ether oxygens (including phenoxy) is 1. The molecule has 6 rings (SSSR count). The number of piperazine rings is 1. The number of carboxylic acids is 1. The number of hydrogen-bond donors (Lipinski definition) is 2. The van der Waals surface area contributed by atoms with Gasteiger partial charge in [0, 0.05) is 66.3 Å². The van der Waals surface area contributed by atoms with Crippen molar-refractivity contribution in [2.24, 2.45) is 4.99 Å². The molecular formula is C31H30ClFN6O5S. The summed E-state index contributed by atoms with van der Waals surface area (Å²) in [6.07, 6.45) is 1.66. The number of halogens is 2. The zero-order valence-corrected chi connectivity index (χ0v) is 26.0. The second kappa shape index (κ2) is 12.6. The van der Waals surface area contributed by atoms with Crippen molar-refractivity contribution < 1.29 is 28.6 Å². The number of carboxylic acid groups (broad SMARTS) is 1. The number of nitrogens with zero attached hydrogens (tertiary/aromatic N) is 5. The maximum Gasteiger partial charge on any atom is 0.338 e. The number of benzene rings is 2. The summed E-state index contributed by atoms with van der Waals surface area (Å²) in [6, 6.07) is 9.95. The standard InChI is InChI=1S/C31H30ClFN6O5S/c1-17(29(40)41)18-3-6-20(7-4-18)39-15-21-14-37(10-11-38(21)31(39)43)16-24-25(30(42)44-2)26(22-8-5-19(33)13-23(22)32)36-27(35-24)28-34-9-12-45-28/h3-9,12-13,17,21,26H,10-11,14-16H2,1-2H3,(H,35,36)(H,40,41)/t17-,21-,26-/m0/s1. The van der Waals surface area contributed by atoms with Crippen LogP contribution in [0.4, 0.5) is 14.9 Å². The third-order valence-corrected chi connectivity index (χ3v) is 9.42. The Morgan fingerprint density at radius 2 is 1.98 bits per heavy atom. The Balaban J connectivity index is 1.26. The average Bonchev–Trinajstić information content (AvgIpc) is 3.68. The summed E-state index contributed by atoms with van der Waals surface area (Å²) in [5.74, 6) is -2.20. The van der Waals surface area contributed by atoms with Crippen LogP contribution < -0.4 is 10.2 Å². The van der Waals surface area contributed by atoms with E-state index in [1.54, 1.807) is 42.3 Å². The number of amidine groups is 1. The van der Waals surface area contributed by atoms with Crippen LogP contribution in [0.25, 0.3) is 0 Å². The van der Waals surface area contributed by atoms with Crippen LogP contribution in [0.3, 0.4) is 0 Å². The molecule has 2 amide bonds. The van der Waals surface area contributed by atoms with E-state index >= 15 is 0 Å². The molecule has 2 fully saturated rings. The van der Waals surface area contributed by atoms with E-state index in [2.05, 4.69) is 15.2 Å². The molecule has 0 aliphatic carbocycles. The third-order valence-electron chi connectivity index (χ3n) is 8.32. The highest BCUT2D eigenvalue weighted by Crippen LogP contribution is 2.37. The maximum absolute atomic E-state index is 14.0. The summed E-state index contributed by atoms with van der Waals surface area (Å²) < 4.78 is 19.2. The van der Waals surface area contributed by atoms with Crippen molar-refractivity contribution in [3.05, 3.63) is 92.3 Å². The van der Waals surface area contributed by atoms with Crippen LogP contribution in [0.5, 0.6) is 0 Å². The van der Waals surface area contributed by atoms with E-state index in [0.29, 0.717) is 66.1 Å². The predicted molar refractivity (Wildman–Crippen MR) is 167 cm³/mol. The van der Waals surface area contributed by atoms with Crippen molar-refractivity contribution in [1.29, 1.82) is 0 Å². The SMILES string of the molecule is COC(=O)C1=C(CN2CCN3C(=O)N(c4ccc([C@H](C)C(=O)O)cc4)C[C@@H]3C2)NC(c2nccs2)=N[C@H]1c1ccc(F)cc1Cl. The highest BCUT2D eigenvalue weighted by atomic mass is 35.5. The number of anilines is 1. The van der Waals surface area contributed by atoms with Crippen LogP contribution in [-0.4, -0.2) is 89.6 Å². The van der Waals surface area contributed by atoms with Crippen molar-refractivity contribution in [3.8, 4) is 0 Å². The fourth-order valence-electron chi connectivity index (χ4n) is 5.91. The Hall–Kier alpha value is -4.33. The zero-order valence-electron chi connectivity index (χ0n) is 24.4. The van der Waals surface area contributed by atoms with Gasteiger partial charge in [-0.05, 0) is 36.8 Å². The van der Waals surface area contributed by atoms with Crippen molar-refractivity contribution >= 4 is 52.4 Å². The predicted octanol–water partition coefficient (Wildman–Crippen LogP) is 4.27. The minimum Gasteiger partial charge on any atom is -0.481 e. The fourth-order valence-corrected chi connectivity index (χ4v) is 6.77. The second-order valence-corrected chi connectivity index (χ2v) is 12.3. The molecule has 0 spiro atoms. The van der Waals surface area contributed by atoms with E-state index in [9.17, 15) is 23.9 Å². The Bertz CT molecular complexity index is 1700. The number of nitrogens with one attached hydrogen (secondary N) is 1. The summed E-state index contributed by atoms with van der Waals surface area (Å²) in [7, 11) is 1.29. The minimum absolute atomic E-state index is 0.104. The molecule has 14 heteroatoms. The number of aromatic nitrogens is 1. The van der Waals surface area contributed by atoms with Gasteiger partial charge < -0.3 is 20.1 Å². The van der Waals surface area contributed by atoms with Crippen molar-refractivity contribution in [2.75, 3.05) is 44.7 Å². The number of aliphatic imine (C=N–C) groups is 1. The van der Waals surface area contributed by atoms with Gasteiger partial charge in [-0.1, -0.05) is 29.8 Å². The van der Waals surface area contributed by atoms with Gasteiger partial charge in [0.05, 0.1) is 24.6 Å². The zero-order chi connectivity index (χ0) is 31.8. The first-order valence-electron chi connectivity index (χ1n) is 14.3. The number of carbonyl (C=O) groups excluding carboxylic acids is 2. The number of carbonyl (C=O) groups is 3. The number of esters is 1. The van der Waals surface area contributed by atoms with Gasteiger partial charge in [-0.15, -0.1) is 11.3 Å². The van der Waals surface area contributed by atoms with Crippen molar-refractivity contribution in [3.63, 3.8) is 0 Å². The number of thiazole rings is 1. The van der Waals surface area contributed by atoms with Crippen molar-refractivity contribution in [1.82, 2.24) is 20.1 Å². The van der Waals surface area contributed by atoms with Gasteiger partial charge in [0.15, 0.2) is 10.8 Å². The average molecular weight is 653 g/mol. The van der Waals surface area contributed by atoms with Crippen molar-refractivity contribution in [2.45, 2.75) is 24.9 Å². The Morgan fingerprint density at radius 1 is 1.20 bits per heavy atom. The first-order chi connectivity index (χ1) is 21.6. The van der Waals surface area contributed by atoms with Gasteiger partial charge in [-0.25, -0.2) is 19.0 Å². The molecule has 3 atom stereocenters. The van der Waals surface area contributed by atoms with Crippen LogP contribution in [0.15, 0.2) is 70.3 Å². The van der Waals surface area contributed by atoms with Crippen LogP contribution >= 0.6 is 22.9 Å². The fraction of sp³-hybridized carbons (Fsp3) is 0.323. The first kappa shape index (κ1) is 30.7. The lowest BCUT2D eigenvalue weighted by atomic mass is 9.95. The Labute approximate surface area is 267 Å². The number of aliphatic carboxylic acids is 1. The number of rotatable bonds is 8. The number of methoxy groups -OCH3 is 1. The Kier molecular flexibility index (Phi) is 8.58. The topological polar surface area (TPSA) is 128 Å². The number of urea groups is 1. The smallest absolute Gasteiger partial charge is 0.338 e. The highest BCUT2D eigenvalue weighted by molar-refractivity contribution is 7.11. The number of amides is 2. The van der Waals surface area contributed by atoms with Gasteiger partial charge in [0.2, 0.25) is 0 Å². The van der Waals surface area contributed by atoms with E-state index in [1.165, 1.54) is 36.6 Å². The molecule has 3 aliphatic rings. The summed E-state index contributed by atoms with van der Waals surface area (Å²) in [6.45, 7) is 3.98. The molecule has 0 bridgehead atoms. The van der Waals surface area contributed by atoms with Crippen LogP contribution in [-0.2, 0) is 14.3 Å². The molecule has 11 nitrogen and oxygen atoms in total. The lowest BCUT2D eigenvalue weighted by molar-refractivity contribution is -0.138. The van der Waals surface area contributed by atoms with Gasteiger partial charge in [-0.2, -0.15) is 0 Å². The van der Waals surface area contributed by atoms with Crippen LogP contribution in [0.1, 0.15) is 35.0 Å². The second-order valence-electron chi connectivity index (χ2n) is 11.0. The largest absolute Gasteiger partial charge is 0.481 e. The summed E-state index contributed by atoms with van der Waals surface area (Å²) >= 11 is 7.85. The van der Waals surface area contributed by atoms with E-state index in [0.717, 1.165) is 0 Å². The van der Waals surface area contributed by atoms with E-state index in [1.807, 2.05) is 10.3 Å². The molecule has 45 heavy (non-hydrogen) atoms. The van der Waals surface area contributed by atoms with Gasteiger partial charge in [-0.3, -0.25) is 19.6 Å². The summed E-state index contributed by atoms with van der Waals surface area (Å²) in [5, 5.41) is 15.2. The van der Waals surface area contributed by atoms with E-state index < -0.39 is 29.7 Å². The molecule has 2 saturated heterocycles. The molecule has 0 radical (unpaired) electrons. The molecule has 0 saturated carbocycles. The molecule has 3 aromatic rings. The molecule has 2 N–H and O–H groups in total. The number of hydrogen-bond acceptors (Lipinski definition) is 9. The maximum atomic E-state index is 14.0. The normalized spacial score (nSPS) is 20.9. The van der Waals surface area contributed by atoms with Gasteiger partial charge in [0.1, 0.15) is 11.9 Å². The van der Waals surface area contributed by atoms with Crippen LogP contribution in [0.2, 0.25) is 5.02 Å². The molecule has 3 aliphatic heterocycles. The molecular weight excluding hydrogens is 623 g/mol. The lowest BCUT2D eigenvalue weighted by Crippen LogP contribution is -2.53. The summed E-state index contributed by atoms with van der Waals surface area (Å²) in [4.78, 5) is 52.9. The quantitative estimate of drug-likeness (QED) is 0.346. The van der Waals surface area contributed by atoms with Gasteiger partial charge in [0.25, 0.3) is 0 Å². The third kappa shape index (κ3) is 6.02. The summed E-state index contributed by atoms with van der Waals surface area (Å²) in [5.41, 5.74) is 2.64. The van der Waals surface area contributed by atoms with Gasteiger partial charge >= 0.3 is 18.0 Å². The molecule has 2 aromatic carbocycles. The molecule has 1 aromatic heterocycles. The molecule has 0 unspecified atom stereocenters.